The highest BCUT2D eigenvalue weighted by molar-refractivity contribution is 8.01. The number of amides is 1. The number of nitrogens with one attached hydrogen (secondary N) is 1. The number of nitrogens with two attached hydrogens (primary N) is 1. The van der Waals surface area contributed by atoms with Crippen molar-refractivity contribution in [2.24, 2.45) is 11.1 Å². The lowest BCUT2D eigenvalue weighted by Crippen LogP contribution is -2.42. The smallest absolute Gasteiger partial charge is 0.236 e. The van der Waals surface area contributed by atoms with E-state index in [0.29, 0.717) is 55.8 Å². The monoisotopic (exact) mass is 609 g/mol. The molecule has 41 heavy (non-hydrogen) atoms. The first-order valence-electron chi connectivity index (χ1n) is 12.5. The van der Waals surface area contributed by atoms with Gasteiger partial charge in [-0.3, -0.25) is 14.5 Å². The molecule has 0 radical (unpaired) electrons. The molecule has 0 bridgehead atoms. The van der Waals surface area contributed by atoms with Gasteiger partial charge < -0.3 is 20.5 Å². The Bertz CT molecular complexity index is 1600. The van der Waals surface area contributed by atoms with Gasteiger partial charge in [0.05, 0.1) is 37.5 Å². The summed E-state index contributed by atoms with van der Waals surface area (Å²) in [5.41, 5.74) is 8.36. The zero-order chi connectivity index (χ0) is 29.3. The summed E-state index contributed by atoms with van der Waals surface area (Å²) in [5, 5.41) is 24.4. The number of aromatic nitrogens is 3. The summed E-state index contributed by atoms with van der Waals surface area (Å²) in [6, 6.07) is 7.54. The molecule has 3 N–H and O–H groups in total. The Morgan fingerprint density at radius 1 is 1.29 bits per heavy atom. The minimum absolute atomic E-state index is 0.0747. The molecule has 2 aliphatic rings. The molecule has 1 atom stereocenters. The largest absolute Gasteiger partial charge is 0.497 e. The summed E-state index contributed by atoms with van der Waals surface area (Å²) in [6.45, 7) is 4.05. The fourth-order valence-electron chi connectivity index (χ4n) is 5.02. The van der Waals surface area contributed by atoms with Gasteiger partial charge in [0.25, 0.3) is 0 Å². The van der Waals surface area contributed by atoms with Crippen LogP contribution in [0.5, 0.6) is 11.5 Å². The van der Waals surface area contributed by atoms with E-state index >= 15 is 0 Å². The summed E-state index contributed by atoms with van der Waals surface area (Å²) >= 11 is 3.79. The van der Waals surface area contributed by atoms with Crippen molar-refractivity contribution in [1.29, 1.82) is 5.26 Å². The van der Waals surface area contributed by atoms with Gasteiger partial charge in [-0.2, -0.15) is 5.26 Å². The Labute approximate surface area is 249 Å². The maximum Gasteiger partial charge on any atom is 0.236 e. The second kappa shape index (κ2) is 11.5. The first-order chi connectivity index (χ1) is 19.7. The van der Waals surface area contributed by atoms with Gasteiger partial charge in [-0.15, -0.1) is 21.5 Å². The molecule has 1 aromatic carbocycles. The summed E-state index contributed by atoms with van der Waals surface area (Å²) in [6.07, 6.45) is 2.45. The van der Waals surface area contributed by atoms with Crippen LogP contribution in [0.4, 0.5) is 10.3 Å². The van der Waals surface area contributed by atoms with E-state index in [1.165, 1.54) is 41.5 Å². The fourth-order valence-corrected chi connectivity index (χ4v) is 7.25. The number of allylic oxidation sites excluding steroid dienone is 3. The number of hydrogen-bond acceptors (Lipinski definition) is 13. The third kappa shape index (κ3) is 5.65. The fraction of sp³-hybridized carbons (Fsp3) is 0.333. The van der Waals surface area contributed by atoms with Crippen LogP contribution in [0.1, 0.15) is 38.2 Å². The number of nitrogens with zero attached hydrogens (tertiary/aromatic N) is 5. The number of carbonyl (C=O) groups excluding carboxylic acids is 2. The standard InChI is InChI=1S/C27H27N7O4S3/c1-27(2)10-17-22(18(35)11-27)21(15-9-14(37-3)5-6-19(15)38-4)16(12-28)23(29)34(17)25-32-33-26(41-25)40-13-20(36)31-24-30-7-8-39-24/h5-9,21H,10-11,13,29H2,1-4H3,(H,30,31,36). The molecule has 11 nitrogen and oxygen atoms in total. The van der Waals surface area contributed by atoms with Gasteiger partial charge in [-0.1, -0.05) is 36.9 Å². The molecule has 0 fully saturated rings. The zero-order valence-corrected chi connectivity index (χ0v) is 25.2. The predicted octanol–water partition coefficient (Wildman–Crippen LogP) is 4.68. The van der Waals surface area contributed by atoms with E-state index in [-0.39, 0.29) is 34.3 Å². The topological polar surface area (TPSA) is 156 Å². The maximum atomic E-state index is 13.8. The lowest BCUT2D eigenvalue weighted by Gasteiger charge is -2.42. The number of rotatable bonds is 8. The van der Waals surface area contributed by atoms with E-state index in [1.54, 1.807) is 41.8 Å². The minimum atomic E-state index is -0.740. The second-order valence-corrected chi connectivity index (χ2v) is 13.2. The Balaban J connectivity index is 1.55. The van der Waals surface area contributed by atoms with Gasteiger partial charge in [0.15, 0.2) is 15.3 Å². The lowest BCUT2D eigenvalue weighted by atomic mass is 9.68. The molecule has 212 valence electrons. The number of anilines is 2. The molecule has 1 unspecified atom stereocenters. The van der Waals surface area contributed by atoms with Crippen molar-refractivity contribution in [1.82, 2.24) is 15.2 Å². The number of thioether (sulfide) groups is 1. The molecule has 0 saturated heterocycles. The number of hydrogen-bond donors (Lipinski definition) is 2. The molecule has 1 amide bonds. The summed E-state index contributed by atoms with van der Waals surface area (Å²) in [5.74, 6) is 0.326. The van der Waals surface area contributed by atoms with Crippen LogP contribution in [0, 0.1) is 16.7 Å². The average molecular weight is 610 g/mol. The number of nitriles is 1. The van der Waals surface area contributed by atoms with Crippen molar-refractivity contribution < 1.29 is 19.1 Å². The van der Waals surface area contributed by atoms with Crippen molar-refractivity contribution in [2.45, 2.75) is 36.9 Å². The summed E-state index contributed by atoms with van der Waals surface area (Å²) in [4.78, 5) is 31.9. The van der Waals surface area contributed by atoms with Crippen LogP contribution in [-0.4, -0.2) is 46.8 Å². The molecule has 1 aliphatic carbocycles. The van der Waals surface area contributed by atoms with Gasteiger partial charge in [-0.25, -0.2) is 4.98 Å². The van der Waals surface area contributed by atoms with E-state index in [2.05, 4.69) is 26.6 Å². The van der Waals surface area contributed by atoms with E-state index in [0.717, 1.165) is 0 Å². The van der Waals surface area contributed by atoms with Crippen molar-refractivity contribution in [3.8, 4) is 17.6 Å². The molecular weight excluding hydrogens is 583 g/mol. The molecule has 0 saturated carbocycles. The van der Waals surface area contributed by atoms with Crippen LogP contribution in [-0.2, 0) is 9.59 Å². The number of benzene rings is 1. The minimum Gasteiger partial charge on any atom is -0.497 e. The third-order valence-corrected chi connectivity index (χ3v) is 9.45. The molecule has 14 heteroatoms. The Morgan fingerprint density at radius 2 is 2.10 bits per heavy atom. The normalized spacial score (nSPS) is 18.2. The highest BCUT2D eigenvalue weighted by atomic mass is 32.2. The highest BCUT2D eigenvalue weighted by Crippen LogP contribution is 2.52. The van der Waals surface area contributed by atoms with E-state index in [4.69, 9.17) is 15.2 Å². The van der Waals surface area contributed by atoms with Crippen LogP contribution < -0.4 is 25.4 Å². The molecule has 5 rings (SSSR count). The van der Waals surface area contributed by atoms with Crippen LogP contribution in [0.2, 0.25) is 0 Å². The van der Waals surface area contributed by atoms with Crippen LogP contribution in [0.15, 0.2) is 56.8 Å². The zero-order valence-electron chi connectivity index (χ0n) is 22.8. The number of carbonyl (C=O) groups is 2. The van der Waals surface area contributed by atoms with Gasteiger partial charge in [0.2, 0.25) is 11.0 Å². The molecule has 3 heterocycles. The van der Waals surface area contributed by atoms with Crippen molar-refractivity contribution in [3.05, 3.63) is 58.0 Å². The van der Waals surface area contributed by atoms with E-state index in [9.17, 15) is 14.9 Å². The van der Waals surface area contributed by atoms with Gasteiger partial charge >= 0.3 is 0 Å². The quantitative estimate of drug-likeness (QED) is 0.342. The van der Waals surface area contributed by atoms with Crippen molar-refractivity contribution in [2.75, 3.05) is 30.2 Å². The maximum absolute atomic E-state index is 13.8. The van der Waals surface area contributed by atoms with E-state index in [1.807, 2.05) is 13.8 Å². The molecule has 3 aromatic rings. The average Bonchev–Trinajstić information content (AvgIpc) is 3.62. The summed E-state index contributed by atoms with van der Waals surface area (Å²) < 4.78 is 11.6. The number of ketones is 1. The second-order valence-electron chi connectivity index (χ2n) is 10.1. The number of ether oxygens (including phenoxy) is 2. The molecular formula is C27H27N7O4S3. The van der Waals surface area contributed by atoms with Gasteiger partial charge in [-0.05, 0) is 30.0 Å². The Kier molecular flexibility index (Phi) is 8.03. The van der Waals surface area contributed by atoms with Crippen molar-refractivity contribution in [3.63, 3.8) is 0 Å². The van der Waals surface area contributed by atoms with Gasteiger partial charge in [0, 0.05) is 34.8 Å². The van der Waals surface area contributed by atoms with Crippen LogP contribution in [0.25, 0.3) is 0 Å². The number of methoxy groups -OCH3 is 2. The van der Waals surface area contributed by atoms with E-state index < -0.39 is 5.92 Å². The number of Topliss-reactive ketones (excluding diaryl/α,β-unsaturated/α-hetero) is 1. The van der Waals surface area contributed by atoms with Crippen molar-refractivity contribution >= 4 is 56.4 Å². The van der Waals surface area contributed by atoms with Gasteiger partial charge in [0.1, 0.15) is 17.3 Å². The molecule has 1 aliphatic heterocycles. The third-order valence-electron chi connectivity index (χ3n) is 6.72. The highest BCUT2D eigenvalue weighted by Gasteiger charge is 2.46. The molecule has 2 aromatic heterocycles. The number of thiazole rings is 1. The first-order valence-corrected chi connectivity index (χ1v) is 15.2. The Hall–Kier alpha value is -3.93. The lowest BCUT2D eigenvalue weighted by molar-refractivity contribution is -0.118. The van der Waals surface area contributed by atoms with Crippen LogP contribution >= 0.6 is 34.4 Å². The Morgan fingerprint density at radius 3 is 2.78 bits per heavy atom. The predicted molar refractivity (Wildman–Crippen MR) is 158 cm³/mol. The van der Waals surface area contributed by atoms with Crippen LogP contribution in [0.3, 0.4) is 0 Å². The SMILES string of the molecule is COc1ccc(OC)c(C2C(C#N)=C(N)N(c3nnc(SCC(=O)Nc4nccs4)s3)C3=C2C(=O)CC(C)(C)C3)c1. The first kappa shape index (κ1) is 28.6. The molecule has 0 spiro atoms. The summed E-state index contributed by atoms with van der Waals surface area (Å²) in [7, 11) is 3.09.